The van der Waals surface area contributed by atoms with Crippen molar-refractivity contribution in [3.05, 3.63) is 53.6 Å². The Hall–Kier alpha value is -3.02. The van der Waals surface area contributed by atoms with Gasteiger partial charge in [-0.25, -0.2) is 4.79 Å². The molecule has 1 amide bonds. The topological polar surface area (TPSA) is 73.9 Å². The Kier molecular flexibility index (Phi) is 7.04. The van der Waals surface area contributed by atoms with Gasteiger partial charge in [-0.2, -0.15) is 0 Å². The van der Waals surface area contributed by atoms with E-state index in [2.05, 4.69) is 5.32 Å². The van der Waals surface area contributed by atoms with Crippen LogP contribution >= 0.6 is 0 Å². The number of nitrogens with one attached hydrogen (secondary N) is 1. The minimum atomic E-state index is -0.566. The molecule has 0 aromatic heterocycles. The fourth-order valence-corrected chi connectivity index (χ4v) is 2.69. The van der Waals surface area contributed by atoms with Crippen LogP contribution in [0.1, 0.15) is 31.9 Å². The zero-order chi connectivity index (χ0) is 20.7. The van der Waals surface area contributed by atoms with Crippen LogP contribution in [0.25, 0.3) is 11.1 Å². The van der Waals surface area contributed by atoms with Gasteiger partial charge < -0.3 is 19.5 Å². The third kappa shape index (κ3) is 6.30. The number of rotatable bonds is 6. The van der Waals surface area contributed by atoms with Crippen LogP contribution < -0.4 is 10.1 Å². The molecule has 6 nitrogen and oxygen atoms in total. The summed E-state index contributed by atoms with van der Waals surface area (Å²) in [6.07, 6.45) is -0.285. The highest BCUT2D eigenvalue weighted by Crippen LogP contribution is 2.28. The highest BCUT2D eigenvalue weighted by molar-refractivity contribution is 5.75. The van der Waals surface area contributed by atoms with Crippen LogP contribution in [0.2, 0.25) is 0 Å². The number of ether oxygens (including phenoxy) is 3. The van der Waals surface area contributed by atoms with Gasteiger partial charge in [0, 0.05) is 6.54 Å². The smallest absolute Gasteiger partial charge is 0.407 e. The Balaban J connectivity index is 2.28. The number of hydrogen-bond acceptors (Lipinski definition) is 5. The van der Waals surface area contributed by atoms with Crippen LogP contribution in [0.4, 0.5) is 4.79 Å². The van der Waals surface area contributed by atoms with Crippen molar-refractivity contribution in [1.29, 1.82) is 0 Å². The largest absolute Gasteiger partial charge is 0.497 e. The van der Waals surface area contributed by atoms with E-state index in [1.54, 1.807) is 7.11 Å². The second-order valence-corrected chi connectivity index (χ2v) is 7.33. The molecule has 0 saturated heterocycles. The van der Waals surface area contributed by atoms with Crippen molar-refractivity contribution in [2.45, 2.75) is 39.3 Å². The number of esters is 1. The summed E-state index contributed by atoms with van der Waals surface area (Å²) in [5.74, 6) is 0.397. The van der Waals surface area contributed by atoms with Gasteiger partial charge in [0.2, 0.25) is 0 Å². The molecule has 2 aromatic carbocycles. The minimum Gasteiger partial charge on any atom is -0.497 e. The average molecular weight is 385 g/mol. The molecular weight excluding hydrogens is 358 g/mol. The molecule has 0 aliphatic heterocycles. The normalized spacial score (nSPS) is 10.9. The lowest BCUT2D eigenvalue weighted by Crippen LogP contribution is -2.32. The maximum atomic E-state index is 12.0. The first-order valence-corrected chi connectivity index (χ1v) is 9.01. The highest BCUT2D eigenvalue weighted by Gasteiger charge is 2.17. The lowest BCUT2D eigenvalue weighted by molar-refractivity contribution is -0.139. The Morgan fingerprint density at radius 2 is 1.79 bits per heavy atom. The van der Waals surface area contributed by atoms with E-state index in [1.807, 2.05) is 63.2 Å². The fraction of sp³-hybridized carbons (Fsp3) is 0.364. The van der Waals surface area contributed by atoms with E-state index in [9.17, 15) is 9.59 Å². The molecule has 0 bridgehead atoms. The summed E-state index contributed by atoms with van der Waals surface area (Å²) in [5, 5.41) is 2.78. The standard InChI is InChI=1S/C22H27NO5/c1-22(2,3)28-21(25)23-14-17-13-18(26-4)9-10-19(17)16-8-6-7-15(11-16)12-20(24)27-5/h6-11,13H,12,14H2,1-5H3,(H,23,25). The highest BCUT2D eigenvalue weighted by atomic mass is 16.6. The Bertz CT molecular complexity index is 839. The van der Waals surface area contributed by atoms with Crippen molar-refractivity contribution < 1.29 is 23.8 Å². The predicted octanol–water partition coefficient (Wildman–Crippen LogP) is 4.10. The Labute approximate surface area is 165 Å². The third-order valence-corrected chi connectivity index (χ3v) is 3.95. The third-order valence-electron chi connectivity index (χ3n) is 3.95. The molecule has 0 spiro atoms. The summed E-state index contributed by atoms with van der Waals surface area (Å²) in [7, 11) is 2.97. The number of hydrogen-bond donors (Lipinski definition) is 1. The molecule has 0 heterocycles. The van der Waals surface area contributed by atoms with Gasteiger partial charge in [-0.05, 0) is 55.2 Å². The number of methoxy groups -OCH3 is 2. The number of alkyl carbamates (subject to hydrolysis) is 1. The van der Waals surface area contributed by atoms with Crippen molar-refractivity contribution in [3.8, 4) is 16.9 Å². The van der Waals surface area contributed by atoms with Crippen molar-refractivity contribution in [2.24, 2.45) is 0 Å². The zero-order valence-corrected chi connectivity index (χ0v) is 17.0. The van der Waals surface area contributed by atoms with Crippen LogP contribution in [-0.4, -0.2) is 31.9 Å². The second kappa shape index (κ2) is 9.26. The number of benzene rings is 2. The number of amides is 1. The quantitative estimate of drug-likeness (QED) is 0.758. The lowest BCUT2D eigenvalue weighted by atomic mass is 9.97. The van der Waals surface area contributed by atoms with Gasteiger partial charge in [-0.1, -0.05) is 30.3 Å². The molecule has 1 N–H and O–H groups in total. The molecule has 0 unspecified atom stereocenters. The molecule has 2 rings (SSSR count). The van der Waals surface area contributed by atoms with Crippen LogP contribution in [0.15, 0.2) is 42.5 Å². The predicted molar refractivity (Wildman–Crippen MR) is 107 cm³/mol. The van der Waals surface area contributed by atoms with Crippen LogP contribution in [0.5, 0.6) is 5.75 Å². The summed E-state index contributed by atoms with van der Waals surface area (Å²) in [6, 6.07) is 13.3. The molecule has 6 heteroatoms. The van der Waals surface area contributed by atoms with E-state index in [-0.39, 0.29) is 18.9 Å². The van der Waals surface area contributed by atoms with E-state index >= 15 is 0 Å². The first-order chi connectivity index (χ1) is 13.2. The molecule has 150 valence electrons. The molecule has 2 aromatic rings. The van der Waals surface area contributed by atoms with E-state index in [0.29, 0.717) is 5.75 Å². The van der Waals surface area contributed by atoms with Crippen LogP contribution in [-0.2, 0) is 27.2 Å². The van der Waals surface area contributed by atoms with Gasteiger partial charge in [-0.3, -0.25) is 4.79 Å². The Morgan fingerprint density at radius 1 is 1.04 bits per heavy atom. The lowest BCUT2D eigenvalue weighted by Gasteiger charge is -2.20. The first kappa shape index (κ1) is 21.3. The van der Waals surface area contributed by atoms with Gasteiger partial charge in [0.25, 0.3) is 0 Å². The van der Waals surface area contributed by atoms with Gasteiger partial charge in [0.1, 0.15) is 11.4 Å². The first-order valence-electron chi connectivity index (χ1n) is 9.01. The molecule has 0 aliphatic carbocycles. The van der Waals surface area contributed by atoms with Crippen molar-refractivity contribution in [2.75, 3.05) is 14.2 Å². The van der Waals surface area contributed by atoms with Gasteiger partial charge >= 0.3 is 12.1 Å². The van der Waals surface area contributed by atoms with E-state index < -0.39 is 11.7 Å². The van der Waals surface area contributed by atoms with Crippen LogP contribution in [0, 0.1) is 0 Å². The van der Waals surface area contributed by atoms with Crippen molar-refractivity contribution in [1.82, 2.24) is 5.32 Å². The van der Waals surface area contributed by atoms with Crippen LogP contribution in [0.3, 0.4) is 0 Å². The van der Waals surface area contributed by atoms with Crippen molar-refractivity contribution >= 4 is 12.1 Å². The van der Waals surface area contributed by atoms with Crippen molar-refractivity contribution in [3.63, 3.8) is 0 Å². The molecule has 0 fully saturated rings. The number of carbonyl (C=O) groups is 2. The molecule has 0 atom stereocenters. The minimum absolute atomic E-state index is 0.200. The van der Waals surface area contributed by atoms with E-state index in [4.69, 9.17) is 14.2 Å². The van der Waals surface area contributed by atoms with Gasteiger partial charge in [0.15, 0.2) is 0 Å². The Morgan fingerprint density at radius 3 is 2.43 bits per heavy atom. The second-order valence-electron chi connectivity index (χ2n) is 7.33. The number of carbonyl (C=O) groups excluding carboxylic acids is 2. The molecule has 0 radical (unpaired) electrons. The zero-order valence-electron chi connectivity index (χ0n) is 17.0. The summed E-state index contributed by atoms with van der Waals surface area (Å²) in [5.41, 5.74) is 3.03. The summed E-state index contributed by atoms with van der Waals surface area (Å²) < 4.78 is 15.4. The monoisotopic (exact) mass is 385 g/mol. The molecule has 0 saturated carbocycles. The maximum absolute atomic E-state index is 12.0. The fourth-order valence-electron chi connectivity index (χ4n) is 2.69. The molecular formula is C22H27NO5. The SMILES string of the molecule is COC(=O)Cc1cccc(-c2ccc(OC)cc2CNC(=O)OC(C)(C)C)c1. The van der Waals surface area contributed by atoms with Gasteiger partial charge in [0.05, 0.1) is 20.6 Å². The maximum Gasteiger partial charge on any atom is 0.407 e. The summed E-state index contributed by atoms with van der Waals surface area (Å²) >= 11 is 0. The van der Waals surface area contributed by atoms with E-state index in [0.717, 1.165) is 22.3 Å². The summed E-state index contributed by atoms with van der Waals surface area (Å²) in [6.45, 7) is 5.73. The summed E-state index contributed by atoms with van der Waals surface area (Å²) in [4.78, 5) is 23.6. The van der Waals surface area contributed by atoms with E-state index in [1.165, 1.54) is 7.11 Å². The van der Waals surface area contributed by atoms with Gasteiger partial charge in [-0.15, -0.1) is 0 Å². The molecule has 0 aliphatic rings. The average Bonchev–Trinajstić information content (AvgIpc) is 2.64. The molecule has 28 heavy (non-hydrogen) atoms.